The number of carbonyl (C=O) groups is 2. The first-order chi connectivity index (χ1) is 12.1. The number of halogens is 1. The van der Waals surface area contributed by atoms with Crippen LogP contribution in [0.1, 0.15) is 20.8 Å². The van der Waals surface area contributed by atoms with Gasteiger partial charge in [-0.3, -0.25) is 9.78 Å². The van der Waals surface area contributed by atoms with Crippen molar-refractivity contribution < 1.29 is 18.8 Å². The number of esters is 1. The SMILES string of the molecule is COC(=O)c1cc(NC(=O)c2cc(-c3cccnc3)on2)ccc1Cl. The van der Waals surface area contributed by atoms with E-state index in [2.05, 4.69) is 20.2 Å². The Hall–Kier alpha value is -3.19. The van der Waals surface area contributed by atoms with Crippen LogP contribution in [0.3, 0.4) is 0 Å². The zero-order valence-corrected chi connectivity index (χ0v) is 13.8. The van der Waals surface area contributed by atoms with Crippen LogP contribution in [0.2, 0.25) is 5.02 Å². The number of hydrogen-bond donors (Lipinski definition) is 1. The van der Waals surface area contributed by atoms with Crippen molar-refractivity contribution in [3.63, 3.8) is 0 Å². The smallest absolute Gasteiger partial charge is 0.339 e. The van der Waals surface area contributed by atoms with E-state index in [1.807, 2.05) is 0 Å². The predicted molar refractivity (Wildman–Crippen MR) is 90.5 cm³/mol. The lowest BCUT2D eigenvalue weighted by molar-refractivity contribution is 0.0600. The van der Waals surface area contributed by atoms with Crippen molar-refractivity contribution in [2.75, 3.05) is 12.4 Å². The van der Waals surface area contributed by atoms with Crippen molar-refractivity contribution in [3.05, 3.63) is 65.1 Å². The van der Waals surface area contributed by atoms with Crippen molar-refractivity contribution in [1.82, 2.24) is 10.1 Å². The fourth-order valence-corrected chi connectivity index (χ4v) is 2.29. The summed E-state index contributed by atoms with van der Waals surface area (Å²) < 4.78 is 9.81. The number of hydrogen-bond acceptors (Lipinski definition) is 6. The Balaban J connectivity index is 1.79. The second-order valence-electron chi connectivity index (χ2n) is 4.96. The lowest BCUT2D eigenvalue weighted by Gasteiger charge is -2.06. The molecule has 1 amide bonds. The minimum absolute atomic E-state index is 0.0911. The van der Waals surface area contributed by atoms with E-state index in [0.717, 1.165) is 0 Å². The Bertz CT molecular complexity index is 925. The summed E-state index contributed by atoms with van der Waals surface area (Å²) in [7, 11) is 1.25. The molecule has 25 heavy (non-hydrogen) atoms. The molecule has 2 heterocycles. The van der Waals surface area contributed by atoms with E-state index in [1.54, 1.807) is 30.6 Å². The molecule has 126 valence electrons. The molecule has 0 bridgehead atoms. The maximum atomic E-state index is 12.3. The van der Waals surface area contributed by atoms with Crippen molar-refractivity contribution in [3.8, 4) is 11.3 Å². The quantitative estimate of drug-likeness (QED) is 0.719. The van der Waals surface area contributed by atoms with E-state index < -0.39 is 11.9 Å². The van der Waals surface area contributed by atoms with E-state index in [-0.39, 0.29) is 16.3 Å². The molecule has 1 N–H and O–H groups in total. The van der Waals surface area contributed by atoms with Crippen LogP contribution in [0.4, 0.5) is 5.69 Å². The number of nitrogens with one attached hydrogen (secondary N) is 1. The summed E-state index contributed by atoms with van der Waals surface area (Å²) in [4.78, 5) is 27.9. The maximum Gasteiger partial charge on any atom is 0.339 e. The highest BCUT2D eigenvalue weighted by molar-refractivity contribution is 6.33. The Kier molecular flexibility index (Phi) is 4.76. The summed E-state index contributed by atoms with van der Waals surface area (Å²) in [5.41, 5.74) is 1.32. The van der Waals surface area contributed by atoms with Crippen molar-refractivity contribution >= 4 is 29.2 Å². The molecule has 1 aromatic carbocycles. The summed E-state index contributed by atoms with van der Waals surface area (Å²) in [6.07, 6.45) is 3.23. The van der Waals surface area contributed by atoms with Gasteiger partial charge in [-0.25, -0.2) is 4.79 Å². The zero-order chi connectivity index (χ0) is 17.8. The molecule has 0 spiro atoms. The van der Waals surface area contributed by atoms with Crippen molar-refractivity contribution in [1.29, 1.82) is 0 Å². The first kappa shape index (κ1) is 16.7. The predicted octanol–water partition coefficient (Wildman–Crippen LogP) is 3.43. The van der Waals surface area contributed by atoms with Crippen LogP contribution < -0.4 is 5.32 Å². The van der Waals surface area contributed by atoms with Crippen LogP contribution in [0.15, 0.2) is 53.3 Å². The number of anilines is 1. The number of aromatic nitrogens is 2. The highest BCUT2D eigenvalue weighted by Gasteiger charge is 2.16. The van der Waals surface area contributed by atoms with Gasteiger partial charge in [0.25, 0.3) is 5.91 Å². The molecule has 7 nitrogen and oxygen atoms in total. The molecule has 0 atom stereocenters. The van der Waals surface area contributed by atoms with Crippen LogP contribution in [0, 0.1) is 0 Å². The van der Waals surface area contributed by atoms with E-state index in [9.17, 15) is 9.59 Å². The summed E-state index contributed by atoms with van der Waals surface area (Å²) in [5.74, 6) is -0.664. The van der Waals surface area contributed by atoms with Crippen molar-refractivity contribution in [2.45, 2.75) is 0 Å². The van der Waals surface area contributed by atoms with Crippen LogP contribution in [-0.2, 0) is 4.74 Å². The molecule has 0 saturated carbocycles. The van der Waals surface area contributed by atoms with Gasteiger partial charge in [0.1, 0.15) is 0 Å². The van der Waals surface area contributed by atoms with E-state index in [0.29, 0.717) is 17.0 Å². The normalized spacial score (nSPS) is 10.3. The molecule has 2 aromatic heterocycles. The van der Waals surface area contributed by atoms with Crippen LogP contribution in [0.5, 0.6) is 0 Å². The fourth-order valence-electron chi connectivity index (χ4n) is 2.09. The van der Waals surface area contributed by atoms with Gasteiger partial charge in [-0.15, -0.1) is 0 Å². The molecule has 0 unspecified atom stereocenters. The Morgan fingerprint density at radius 3 is 2.80 bits per heavy atom. The van der Waals surface area contributed by atoms with Gasteiger partial charge in [-0.2, -0.15) is 0 Å². The molecule has 0 fully saturated rings. The van der Waals surface area contributed by atoms with Crippen LogP contribution in [0.25, 0.3) is 11.3 Å². The van der Waals surface area contributed by atoms with Gasteiger partial charge in [0.15, 0.2) is 11.5 Å². The highest BCUT2D eigenvalue weighted by Crippen LogP contribution is 2.23. The van der Waals surface area contributed by atoms with Gasteiger partial charge in [0.05, 0.1) is 17.7 Å². The number of amides is 1. The Morgan fingerprint density at radius 1 is 1.24 bits per heavy atom. The number of pyridine rings is 1. The van der Waals surface area contributed by atoms with Gasteiger partial charge in [-0.1, -0.05) is 16.8 Å². The van der Waals surface area contributed by atoms with Gasteiger partial charge in [0.2, 0.25) is 0 Å². The highest BCUT2D eigenvalue weighted by atomic mass is 35.5. The molecule has 0 aliphatic heterocycles. The summed E-state index contributed by atoms with van der Waals surface area (Å²) in [5, 5.41) is 6.60. The topological polar surface area (TPSA) is 94.3 Å². The number of benzene rings is 1. The molecule has 3 rings (SSSR count). The number of methoxy groups -OCH3 is 1. The van der Waals surface area contributed by atoms with Gasteiger partial charge >= 0.3 is 5.97 Å². The minimum Gasteiger partial charge on any atom is -0.465 e. The molecule has 0 saturated heterocycles. The lowest BCUT2D eigenvalue weighted by Crippen LogP contribution is -2.13. The molecule has 0 aliphatic rings. The third-order valence-electron chi connectivity index (χ3n) is 3.32. The molecule has 3 aromatic rings. The van der Waals surface area contributed by atoms with Crippen molar-refractivity contribution in [2.24, 2.45) is 0 Å². The third kappa shape index (κ3) is 3.67. The Morgan fingerprint density at radius 2 is 2.08 bits per heavy atom. The van der Waals surface area contributed by atoms with E-state index in [1.165, 1.54) is 25.3 Å². The lowest BCUT2D eigenvalue weighted by atomic mass is 10.2. The number of rotatable bonds is 4. The largest absolute Gasteiger partial charge is 0.465 e. The van der Waals surface area contributed by atoms with Gasteiger partial charge < -0.3 is 14.6 Å². The monoisotopic (exact) mass is 357 g/mol. The van der Waals surface area contributed by atoms with E-state index >= 15 is 0 Å². The minimum atomic E-state index is -0.596. The number of carbonyl (C=O) groups excluding carboxylic acids is 2. The number of ether oxygens (including phenoxy) is 1. The van der Waals surface area contributed by atoms with Crippen LogP contribution in [-0.4, -0.2) is 29.1 Å². The van der Waals surface area contributed by atoms with Crippen LogP contribution >= 0.6 is 11.6 Å². The molecular weight excluding hydrogens is 346 g/mol. The second-order valence-corrected chi connectivity index (χ2v) is 5.37. The molecule has 0 radical (unpaired) electrons. The summed E-state index contributed by atoms with van der Waals surface area (Å²) in [6.45, 7) is 0. The first-order valence-electron chi connectivity index (χ1n) is 7.15. The fraction of sp³-hybridized carbons (Fsp3) is 0.0588. The second kappa shape index (κ2) is 7.14. The van der Waals surface area contributed by atoms with Gasteiger partial charge in [0, 0.05) is 29.7 Å². The number of nitrogens with zero attached hydrogens (tertiary/aromatic N) is 2. The first-order valence-corrected chi connectivity index (χ1v) is 7.52. The maximum absolute atomic E-state index is 12.3. The Labute approximate surface area is 147 Å². The molecular formula is C17H12ClN3O4. The van der Waals surface area contributed by atoms with Gasteiger partial charge in [-0.05, 0) is 30.3 Å². The zero-order valence-electron chi connectivity index (χ0n) is 13.0. The average molecular weight is 358 g/mol. The standard InChI is InChI=1S/C17H12ClN3O4/c1-24-17(23)12-7-11(4-5-13(12)18)20-16(22)14-8-15(25-21-14)10-3-2-6-19-9-10/h2-9H,1H3,(H,20,22). The summed E-state index contributed by atoms with van der Waals surface area (Å²) in [6, 6.07) is 9.52. The summed E-state index contributed by atoms with van der Waals surface area (Å²) >= 11 is 5.95. The average Bonchev–Trinajstić information content (AvgIpc) is 3.14. The third-order valence-corrected chi connectivity index (χ3v) is 3.65. The molecule has 8 heteroatoms. The van der Waals surface area contributed by atoms with E-state index in [4.69, 9.17) is 16.1 Å². The molecule has 0 aliphatic carbocycles.